The number of alkyl halides is 3. The molecule has 1 aromatic heterocycles. The average molecular weight is 201 g/mol. The van der Waals surface area contributed by atoms with E-state index in [1.54, 1.807) is 0 Å². The number of hydrogen-bond acceptors (Lipinski definition) is 2. The molecule has 1 N–H and O–H groups in total. The van der Waals surface area contributed by atoms with Gasteiger partial charge in [0.25, 0.3) is 5.82 Å². The number of nitrogens with one attached hydrogen (secondary N) is 1. The molecular weight excluding hydrogens is 195 g/mol. The predicted octanol–water partition coefficient (Wildman–Crippen LogP) is 2.69. The van der Waals surface area contributed by atoms with Gasteiger partial charge in [-0.3, -0.25) is 0 Å². The second-order valence-electron chi connectivity index (χ2n) is 2.45. The van der Waals surface area contributed by atoms with Gasteiger partial charge >= 0.3 is 6.18 Å². The van der Waals surface area contributed by atoms with Gasteiger partial charge in [0, 0.05) is 7.05 Å². The summed E-state index contributed by atoms with van der Waals surface area (Å²) in [7, 11) is 1.48. The molecular formula is C8H6F3N3. The summed E-state index contributed by atoms with van der Waals surface area (Å²) in [6.07, 6.45) is -3.36. The van der Waals surface area contributed by atoms with E-state index in [1.807, 2.05) is 0 Å². The van der Waals surface area contributed by atoms with E-state index in [-0.39, 0.29) is 5.69 Å². The van der Waals surface area contributed by atoms with Gasteiger partial charge in [0.2, 0.25) is 0 Å². The molecule has 0 spiro atoms. The molecule has 14 heavy (non-hydrogen) atoms. The Bertz CT molecular complexity index is 378. The van der Waals surface area contributed by atoms with Crippen molar-refractivity contribution in [1.82, 2.24) is 4.98 Å². The van der Waals surface area contributed by atoms with Crippen LogP contribution in [0.3, 0.4) is 0 Å². The van der Waals surface area contributed by atoms with Crippen molar-refractivity contribution < 1.29 is 13.2 Å². The van der Waals surface area contributed by atoms with Crippen LogP contribution >= 0.6 is 0 Å². The third kappa shape index (κ3) is 1.93. The van der Waals surface area contributed by atoms with Crippen LogP contribution in [0.5, 0.6) is 0 Å². The average Bonchev–Trinajstić information content (AvgIpc) is 2.15. The number of pyridine rings is 1. The lowest BCUT2D eigenvalue weighted by Crippen LogP contribution is -2.06. The van der Waals surface area contributed by atoms with E-state index in [1.165, 1.54) is 13.2 Å². The van der Waals surface area contributed by atoms with Crippen molar-refractivity contribution in [3.8, 4) is 0 Å². The van der Waals surface area contributed by atoms with Crippen molar-refractivity contribution in [2.45, 2.75) is 6.18 Å². The summed E-state index contributed by atoms with van der Waals surface area (Å²) < 4.78 is 37.0. The molecule has 0 bridgehead atoms. The van der Waals surface area contributed by atoms with Crippen LogP contribution in [-0.4, -0.2) is 12.0 Å². The minimum Gasteiger partial charge on any atom is -0.385 e. The lowest BCUT2D eigenvalue weighted by Gasteiger charge is -2.08. The van der Waals surface area contributed by atoms with Crippen LogP contribution in [0.15, 0.2) is 12.3 Å². The fourth-order valence-electron chi connectivity index (χ4n) is 0.892. The molecule has 0 amide bonds. The zero-order valence-corrected chi connectivity index (χ0v) is 7.18. The number of halogens is 3. The Morgan fingerprint density at radius 3 is 2.57 bits per heavy atom. The molecule has 3 nitrogen and oxygen atoms in total. The highest BCUT2D eigenvalue weighted by Crippen LogP contribution is 2.36. The highest BCUT2D eigenvalue weighted by molar-refractivity contribution is 5.55. The fraction of sp³-hybridized carbons (Fsp3) is 0.250. The normalized spacial score (nSPS) is 10.8. The van der Waals surface area contributed by atoms with E-state index in [4.69, 9.17) is 6.57 Å². The lowest BCUT2D eigenvalue weighted by atomic mass is 10.2. The lowest BCUT2D eigenvalue weighted by molar-refractivity contribution is -0.137. The van der Waals surface area contributed by atoms with E-state index >= 15 is 0 Å². The SMILES string of the molecule is [C-]#[N+]c1ncc(NC)cc1C(F)(F)F. The van der Waals surface area contributed by atoms with Gasteiger partial charge in [0.05, 0.1) is 11.3 Å². The Kier molecular flexibility index (Phi) is 2.60. The third-order valence-electron chi connectivity index (χ3n) is 1.57. The van der Waals surface area contributed by atoms with E-state index in [2.05, 4.69) is 15.1 Å². The Balaban J connectivity index is 3.31. The second-order valence-corrected chi connectivity index (χ2v) is 2.45. The van der Waals surface area contributed by atoms with Crippen molar-refractivity contribution in [1.29, 1.82) is 0 Å². The number of rotatable bonds is 1. The van der Waals surface area contributed by atoms with Gasteiger partial charge in [-0.15, -0.1) is 4.98 Å². The molecule has 0 aromatic carbocycles. The Hall–Kier alpha value is -1.77. The predicted molar refractivity (Wildman–Crippen MR) is 45.0 cm³/mol. The Morgan fingerprint density at radius 1 is 1.50 bits per heavy atom. The maximum absolute atomic E-state index is 12.3. The number of anilines is 1. The van der Waals surface area contributed by atoms with Crippen LogP contribution in [0.2, 0.25) is 0 Å². The molecule has 1 aromatic rings. The van der Waals surface area contributed by atoms with Crippen molar-refractivity contribution in [2.75, 3.05) is 12.4 Å². The largest absolute Gasteiger partial charge is 0.409 e. The first kappa shape index (κ1) is 10.3. The molecule has 0 aliphatic carbocycles. The van der Waals surface area contributed by atoms with Gasteiger partial charge in [-0.05, 0) is 6.07 Å². The van der Waals surface area contributed by atoms with E-state index in [0.717, 1.165) is 6.07 Å². The van der Waals surface area contributed by atoms with E-state index < -0.39 is 17.6 Å². The molecule has 0 atom stereocenters. The summed E-state index contributed by atoms with van der Waals surface area (Å²) >= 11 is 0. The monoisotopic (exact) mass is 201 g/mol. The van der Waals surface area contributed by atoms with Crippen LogP contribution in [0, 0.1) is 6.57 Å². The fourth-order valence-corrected chi connectivity index (χ4v) is 0.892. The molecule has 0 aliphatic rings. The number of aromatic nitrogens is 1. The van der Waals surface area contributed by atoms with Gasteiger partial charge in [0.15, 0.2) is 0 Å². The summed E-state index contributed by atoms with van der Waals surface area (Å²) in [6.45, 7) is 6.53. The molecule has 1 rings (SSSR count). The van der Waals surface area contributed by atoms with Gasteiger partial charge in [-0.1, -0.05) is 6.57 Å². The first-order valence-corrected chi connectivity index (χ1v) is 3.61. The molecule has 0 saturated carbocycles. The Morgan fingerprint density at radius 2 is 2.14 bits per heavy atom. The molecule has 6 heteroatoms. The molecule has 0 fully saturated rings. The van der Waals surface area contributed by atoms with Crippen LogP contribution < -0.4 is 5.32 Å². The molecule has 74 valence electrons. The van der Waals surface area contributed by atoms with Crippen LogP contribution in [0.4, 0.5) is 24.7 Å². The maximum atomic E-state index is 12.3. The zero-order chi connectivity index (χ0) is 10.8. The summed E-state index contributed by atoms with van der Waals surface area (Å²) in [5.74, 6) is -0.628. The summed E-state index contributed by atoms with van der Waals surface area (Å²) in [6, 6.07) is 0.861. The second kappa shape index (κ2) is 3.54. The van der Waals surface area contributed by atoms with Crippen LogP contribution in [-0.2, 0) is 6.18 Å². The standard InChI is InChI=1S/C8H6F3N3/c1-12-5-3-6(8(9,10)11)7(13-2)14-4-5/h3-4,12H,1H3. The van der Waals surface area contributed by atoms with Gasteiger partial charge < -0.3 is 10.2 Å². The van der Waals surface area contributed by atoms with Gasteiger partial charge in [-0.2, -0.15) is 13.2 Å². The first-order chi connectivity index (χ1) is 6.49. The zero-order valence-electron chi connectivity index (χ0n) is 7.18. The molecule has 0 unspecified atom stereocenters. The summed E-state index contributed by atoms with van der Waals surface area (Å²) in [4.78, 5) is 6.10. The quantitative estimate of drug-likeness (QED) is 0.708. The Labute approximate surface area is 78.4 Å². The highest BCUT2D eigenvalue weighted by atomic mass is 19.4. The van der Waals surface area contributed by atoms with E-state index in [9.17, 15) is 13.2 Å². The first-order valence-electron chi connectivity index (χ1n) is 3.61. The van der Waals surface area contributed by atoms with Gasteiger partial charge in [0.1, 0.15) is 6.20 Å². The smallest absolute Gasteiger partial charge is 0.385 e. The number of nitrogens with zero attached hydrogens (tertiary/aromatic N) is 2. The molecule has 0 saturated heterocycles. The van der Waals surface area contributed by atoms with Crippen molar-refractivity contribution in [2.24, 2.45) is 0 Å². The summed E-state index contributed by atoms with van der Waals surface area (Å²) in [5.41, 5.74) is -0.788. The van der Waals surface area contributed by atoms with E-state index in [0.29, 0.717) is 0 Å². The van der Waals surface area contributed by atoms with Crippen molar-refractivity contribution in [3.05, 3.63) is 29.2 Å². The van der Waals surface area contributed by atoms with Crippen LogP contribution in [0.25, 0.3) is 4.85 Å². The molecule has 1 heterocycles. The molecule has 0 aliphatic heterocycles. The maximum Gasteiger partial charge on any atom is 0.409 e. The highest BCUT2D eigenvalue weighted by Gasteiger charge is 2.34. The van der Waals surface area contributed by atoms with Crippen molar-refractivity contribution in [3.63, 3.8) is 0 Å². The third-order valence-corrected chi connectivity index (χ3v) is 1.57. The minimum absolute atomic E-state index is 0.227. The summed E-state index contributed by atoms with van der Waals surface area (Å²) in [5, 5.41) is 2.53. The van der Waals surface area contributed by atoms with Gasteiger partial charge in [-0.25, -0.2) is 0 Å². The van der Waals surface area contributed by atoms with Crippen molar-refractivity contribution >= 4 is 11.5 Å². The van der Waals surface area contributed by atoms with Crippen LogP contribution in [0.1, 0.15) is 5.56 Å². The molecule has 0 radical (unpaired) electrons. The minimum atomic E-state index is -4.54. The number of hydrogen-bond donors (Lipinski definition) is 1. The topological polar surface area (TPSA) is 29.3 Å².